The second kappa shape index (κ2) is 4.62. The molecule has 0 bridgehead atoms. The monoisotopic (exact) mass is 273 g/mol. The van der Waals surface area contributed by atoms with Crippen LogP contribution in [0.15, 0.2) is 24.5 Å². The largest absolute Gasteiger partial charge is 0.329 e. The highest BCUT2D eigenvalue weighted by molar-refractivity contribution is 7.71. The summed E-state index contributed by atoms with van der Waals surface area (Å²) in [6, 6.07) is 3.89. The van der Waals surface area contributed by atoms with Crippen LogP contribution in [0.1, 0.15) is 18.2 Å². The van der Waals surface area contributed by atoms with E-state index in [2.05, 4.69) is 22.0 Å². The number of aryl methyl sites for hydroxylation is 2. The second-order valence-corrected chi connectivity index (χ2v) is 4.91. The number of nitrogens with one attached hydrogen (secondary N) is 1. The fourth-order valence-electron chi connectivity index (χ4n) is 2.32. The van der Waals surface area contributed by atoms with Crippen molar-refractivity contribution in [1.29, 1.82) is 0 Å². The van der Waals surface area contributed by atoms with Gasteiger partial charge < -0.3 is 4.98 Å². The Bertz CT molecular complexity index is 780. The van der Waals surface area contributed by atoms with E-state index in [1.54, 1.807) is 6.20 Å². The molecule has 0 fully saturated rings. The Morgan fingerprint density at radius 2 is 2.26 bits per heavy atom. The number of hydrogen-bond acceptors (Lipinski definition) is 3. The van der Waals surface area contributed by atoms with Crippen LogP contribution >= 0.6 is 12.2 Å². The zero-order valence-electron chi connectivity index (χ0n) is 10.9. The molecule has 1 N–H and O–H groups in total. The molecule has 0 saturated heterocycles. The van der Waals surface area contributed by atoms with Gasteiger partial charge in [-0.05, 0) is 30.8 Å². The molecule has 3 aromatic heterocycles. The molecule has 3 aromatic rings. The number of aromatic amines is 1. The van der Waals surface area contributed by atoms with E-state index in [4.69, 9.17) is 12.2 Å². The Morgan fingerprint density at radius 1 is 1.42 bits per heavy atom. The number of hydrogen-bond donors (Lipinski definition) is 1. The summed E-state index contributed by atoms with van der Waals surface area (Å²) < 4.78 is 4.56. The molecular weight excluding hydrogens is 258 g/mol. The molecule has 0 aliphatic rings. The minimum absolute atomic E-state index is 0.694. The van der Waals surface area contributed by atoms with E-state index in [0.717, 1.165) is 23.3 Å². The van der Waals surface area contributed by atoms with E-state index in [1.807, 2.05) is 34.6 Å². The Hall–Kier alpha value is -1.95. The summed E-state index contributed by atoms with van der Waals surface area (Å²) in [5.74, 6) is 0. The van der Waals surface area contributed by atoms with Crippen LogP contribution in [0.25, 0.3) is 11.2 Å². The minimum atomic E-state index is 0.694. The molecule has 98 valence electrons. The van der Waals surface area contributed by atoms with Crippen molar-refractivity contribution in [2.24, 2.45) is 7.05 Å². The van der Waals surface area contributed by atoms with Crippen molar-refractivity contribution in [3.05, 3.63) is 40.6 Å². The molecule has 0 atom stereocenters. The van der Waals surface area contributed by atoms with E-state index in [9.17, 15) is 0 Å². The maximum atomic E-state index is 5.38. The van der Waals surface area contributed by atoms with E-state index < -0.39 is 0 Å². The summed E-state index contributed by atoms with van der Waals surface area (Å²) in [7, 11) is 1.94. The zero-order valence-corrected chi connectivity index (χ0v) is 11.7. The molecule has 3 heterocycles. The molecule has 0 unspecified atom stereocenters. The number of rotatable bonds is 3. The lowest BCUT2D eigenvalue weighted by atomic mass is 10.2. The van der Waals surface area contributed by atoms with Crippen molar-refractivity contribution in [2.75, 3.05) is 0 Å². The number of imidazole rings is 1. The molecule has 0 aliphatic heterocycles. The minimum Gasteiger partial charge on any atom is -0.329 e. The van der Waals surface area contributed by atoms with Gasteiger partial charge in [0.25, 0.3) is 0 Å². The number of fused-ring (bicyclic) bond motifs is 1. The van der Waals surface area contributed by atoms with Gasteiger partial charge in [0, 0.05) is 25.0 Å². The van der Waals surface area contributed by atoms with Gasteiger partial charge in [0.2, 0.25) is 0 Å². The normalized spacial score (nSPS) is 11.3. The van der Waals surface area contributed by atoms with Gasteiger partial charge >= 0.3 is 0 Å². The Labute approximate surface area is 115 Å². The third-order valence-electron chi connectivity index (χ3n) is 3.18. The van der Waals surface area contributed by atoms with Gasteiger partial charge in [0.1, 0.15) is 0 Å². The predicted molar refractivity (Wildman–Crippen MR) is 76.6 cm³/mol. The van der Waals surface area contributed by atoms with Crippen molar-refractivity contribution >= 4 is 23.4 Å². The van der Waals surface area contributed by atoms with E-state index >= 15 is 0 Å². The molecule has 3 rings (SSSR count). The standard InChI is InChI=1S/C13H15N5S/c1-3-10-9(7-17(2)16-10)8-18-12-11(15-13(18)19)5-4-6-14-12/h4-7H,3,8H2,1-2H3,(H,15,19). The maximum Gasteiger partial charge on any atom is 0.179 e. The molecule has 0 saturated carbocycles. The van der Waals surface area contributed by atoms with Gasteiger partial charge in [-0.25, -0.2) is 4.98 Å². The smallest absolute Gasteiger partial charge is 0.179 e. The number of nitrogens with zero attached hydrogens (tertiary/aromatic N) is 4. The van der Waals surface area contributed by atoms with Gasteiger partial charge in [-0.15, -0.1) is 0 Å². The van der Waals surface area contributed by atoms with E-state index in [0.29, 0.717) is 11.3 Å². The van der Waals surface area contributed by atoms with Crippen molar-refractivity contribution in [3.63, 3.8) is 0 Å². The summed E-state index contributed by atoms with van der Waals surface area (Å²) >= 11 is 5.38. The highest BCUT2D eigenvalue weighted by atomic mass is 32.1. The van der Waals surface area contributed by atoms with Crippen LogP contribution in [-0.4, -0.2) is 24.3 Å². The third kappa shape index (κ3) is 2.08. The highest BCUT2D eigenvalue weighted by Gasteiger charge is 2.10. The van der Waals surface area contributed by atoms with Gasteiger partial charge in [0.05, 0.1) is 17.8 Å². The van der Waals surface area contributed by atoms with Crippen molar-refractivity contribution in [1.82, 2.24) is 24.3 Å². The molecule has 0 spiro atoms. The quantitative estimate of drug-likeness (QED) is 0.746. The molecule has 6 heteroatoms. The molecule has 0 aromatic carbocycles. The summed E-state index contributed by atoms with van der Waals surface area (Å²) in [4.78, 5) is 7.58. The van der Waals surface area contributed by atoms with Crippen molar-refractivity contribution in [3.8, 4) is 0 Å². The van der Waals surface area contributed by atoms with Crippen LogP contribution in [0.4, 0.5) is 0 Å². The van der Waals surface area contributed by atoms with Crippen LogP contribution in [0.3, 0.4) is 0 Å². The third-order valence-corrected chi connectivity index (χ3v) is 3.51. The fraction of sp³-hybridized carbons (Fsp3) is 0.308. The first-order valence-corrected chi connectivity index (χ1v) is 6.64. The van der Waals surface area contributed by atoms with Gasteiger partial charge in [-0.1, -0.05) is 6.92 Å². The average Bonchev–Trinajstić information content (AvgIpc) is 2.91. The SMILES string of the molecule is CCc1nn(C)cc1Cn1c(=S)[nH]c2cccnc21. The van der Waals surface area contributed by atoms with Crippen LogP contribution in [-0.2, 0) is 20.0 Å². The molecule has 0 aliphatic carbocycles. The Morgan fingerprint density at radius 3 is 3.05 bits per heavy atom. The molecule has 5 nitrogen and oxygen atoms in total. The molecular formula is C13H15N5S. The van der Waals surface area contributed by atoms with Crippen molar-refractivity contribution < 1.29 is 0 Å². The lowest BCUT2D eigenvalue weighted by molar-refractivity contribution is 0.746. The summed E-state index contributed by atoms with van der Waals surface area (Å²) in [6.07, 6.45) is 4.74. The van der Waals surface area contributed by atoms with Crippen molar-refractivity contribution in [2.45, 2.75) is 19.9 Å². The number of aromatic nitrogens is 5. The topological polar surface area (TPSA) is 51.4 Å². The predicted octanol–water partition coefficient (Wildman–Crippen LogP) is 2.44. The lowest BCUT2D eigenvalue weighted by Crippen LogP contribution is -2.02. The van der Waals surface area contributed by atoms with E-state index in [1.165, 1.54) is 5.56 Å². The average molecular weight is 273 g/mol. The molecule has 0 amide bonds. The zero-order chi connectivity index (χ0) is 13.4. The summed E-state index contributed by atoms with van der Waals surface area (Å²) in [5.41, 5.74) is 4.15. The Balaban J connectivity index is 2.10. The van der Waals surface area contributed by atoms with Crippen LogP contribution < -0.4 is 0 Å². The molecule has 19 heavy (non-hydrogen) atoms. The van der Waals surface area contributed by atoms with Crippen LogP contribution in [0.2, 0.25) is 0 Å². The lowest BCUT2D eigenvalue weighted by Gasteiger charge is -2.03. The molecule has 0 radical (unpaired) electrons. The highest BCUT2D eigenvalue weighted by Crippen LogP contribution is 2.15. The van der Waals surface area contributed by atoms with E-state index in [-0.39, 0.29) is 0 Å². The first-order chi connectivity index (χ1) is 9.19. The Kier molecular flexibility index (Phi) is 2.94. The second-order valence-electron chi connectivity index (χ2n) is 4.52. The van der Waals surface area contributed by atoms with Gasteiger partial charge in [-0.2, -0.15) is 5.10 Å². The number of H-pyrrole nitrogens is 1. The summed E-state index contributed by atoms with van der Waals surface area (Å²) in [6.45, 7) is 2.81. The summed E-state index contributed by atoms with van der Waals surface area (Å²) in [5, 5.41) is 4.46. The van der Waals surface area contributed by atoms with Crippen LogP contribution in [0, 0.1) is 4.77 Å². The number of pyridine rings is 1. The van der Waals surface area contributed by atoms with Gasteiger partial charge in [0.15, 0.2) is 10.4 Å². The first-order valence-electron chi connectivity index (χ1n) is 6.24. The van der Waals surface area contributed by atoms with Gasteiger partial charge in [-0.3, -0.25) is 9.25 Å². The fourth-order valence-corrected chi connectivity index (χ4v) is 2.58. The maximum absolute atomic E-state index is 5.38. The first kappa shape index (κ1) is 12.1. The van der Waals surface area contributed by atoms with Crippen LogP contribution in [0.5, 0.6) is 0 Å².